The van der Waals surface area contributed by atoms with Gasteiger partial charge in [0.25, 0.3) is 0 Å². The lowest BCUT2D eigenvalue weighted by molar-refractivity contribution is -0.126. The number of amides is 3. The number of hydrogen-bond donors (Lipinski definition) is 1. The first-order chi connectivity index (χ1) is 10.6. The van der Waals surface area contributed by atoms with Crippen LogP contribution in [0.3, 0.4) is 0 Å². The summed E-state index contributed by atoms with van der Waals surface area (Å²) in [5, 5.41) is 2.89. The minimum Gasteiger partial charge on any atom is -0.338 e. The summed E-state index contributed by atoms with van der Waals surface area (Å²) in [6.45, 7) is 4.84. The zero-order valence-electron chi connectivity index (χ0n) is 13.0. The van der Waals surface area contributed by atoms with Gasteiger partial charge in [0.15, 0.2) is 0 Å². The monoisotopic (exact) mass is 305 g/mol. The van der Waals surface area contributed by atoms with Crippen LogP contribution in [0.1, 0.15) is 25.1 Å². The summed E-state index contributed by atoms with van der Waals surface area (Å²) in [5.41, 5.74) is 0. The quantitative estimate of drug-likeness (QED) is 0.790. The first-order valence-corrected chi connectivity index (χ1v) is 7.92. The smallest absolute Gasteiger partial charge is 0.319 e. The minimum absolute atomic E-state index is 0.0658. The topological polar surface area (TPSA) is 70.5 Å². The van der Waals surface area contributed by atoms with E-state index in [1.54, 1.807) is 16.0 Å². The molecule has 1 N–H and O–H groups in total. The van der Waals surface area contributed by atoms with E-state index in [2.05, 4.69) is 14.9 Å². The number of carbonyl (C=O) groups excluding carboxylic acids is 2. The number of urea groups is 1. The Morgan fingerprint density at radius 3 is 2.95 bits per heavy atom. The molecule has 2 fully saturated rings. The maximum atomic E-state index is 12.1. The molecule has 1 saturated heterocycles. The second kappa shape index (κ2) is 6.37. The Bertz CT molecular complexity index is 552. The van der Waals surface area contributed by atoms with Crippen LogP contribution in [-0.2, 0) is 11.3 Å². The molecule has 0 atom stereocenters. The maximum Gasteiger partial charge on any atom is 0.319 e. The van der Waals surface area contributed by atoms with Gasteiger partial charge >= 0.3 is 6.03 Å². The van der Waals surface area contributed by atoms with E-state index in [-0.39, 0.29) is 18.5 Å². The fourth-order valence-electron chi connectivity index (χ4n) is 2.70. The fraction of sp³-hybridized carbons (Fsp3) is 0.667. The Morgan fingerprint density at radius 1 is 1.45 bits per heavy atom. The molecule has 7 nitrogen and oxygen atoms in total. The molecule has 0 aromatic carbocycles. The van der Waals surface area contributed by atoms with Gasteiger partial charge in [0.05, 0.1) is 6.67 Å². The van der Waals surface area contributed by atoms with Crippen molar-refractivity contribution < 1.29 is 9.59 Å². The molecule has 1 aliphatic carbocycles. The largest absolute Gasteiger partial charge is 0.338 e. The van der Waals surface area contributed by atoms with Crippen molar-refractivity contribution in [1.82, 2.24) is 24.7 Å². The van der Waals surface area contributed by atoms with Crippen LogP contribution in [-0.4, -0.2) is 57.6 Å². The SMILES string of the molecule is Cc1nccn1CCCNC(=O)N1CC(=O)N(CC2CC2)C1. The highest BCUT2D eigenvalue weighted by Crippen LogP contribution is 2.30. The molecule has 0 spiro atoms. The van der Waals surface area contributed by atoms with Crippen molar-refractivity contribution >= 4 is 11.9 Å². The van der Waals surface area contributed by atoms with Crippen LogP contribution in [0.5, 0.6) is 0 Å². The summed E-state index contributed by atoms with van der Waals surface area (Å²) in [5.74, 6) is 1.70. The molecule has 3 amide bonds. The van der Waals surface area contributed by atoms with Crippen molar-refractivity contribution in [2.75, 3.05) is 26.3 Å². The highest BCUT2D eigenvalue weighted by atomic mass is 16.2. The van der Waals surface area contributed by atoms with Crippen LogP contribution >= 0.6 is 0 Å². The maximum absolute atomic E-state index is 12.1. The number of imidazole rings is 1. The summed E-state index contributed by atoms with van der Waals surface area (Å²) in [4.78, 5) is 31.5. The van der Waals surface area contributed by atoms with E-state index in [0.29, 0.717) is 19.1 Å². The lowest BCUT2D eigenvalue weighted by Crippen LogP contribution is -2.40. The van der Waals surface area contributed by atoms with Crippen LogP contribution in [0.2, 0.25) is 0 Å². The van der Waals surface area contributed by atoms with Crippen LogP contribution in [0.25, 0.3) is 0 Å². The number of rotatable bonds is 6. The molecular weight excluding hydrogens is 282 g/mol. The highest BCUT2D eigenvalue weighted by molar-refractivity contribution is 5.87. The van der Waals surface area contributed by atoms with Crippen LogP contribution in [0, 0.1) is 12.8 Å². The van der Waals surface area contributed by atoms with E-state index in [0.717, 1.165) is 25.3 Å². The third-order valence-corrected chi connectivity index (χ3v) is 4.26. The number of nitrogens with one attached hydrogen (secondary N) is 1. The fourth-order valence-corrected chi connectivity index (χ4v) is 2.70. The first kappa shape index (κ1) is 14.9. The van der Waals surface area contributed by atoms with Gasteiger partial charge in [-0.2, -0.15) is 0 Å². The Kier molecular flexibility index (Phi) is 4.31. The molecule has 2 aliphatic rings. The van der Waals surface area contributed by atoms with Crippen molar-refractivity contribution in [3.05, 3.63) is 18.2 Å². The van der Waals surface area contributed by atoms with Crippen LogP contribution in [0.4, 0.5) is 4.79 Å². The highest BCUT2D eigenvalue weighted by Gasteiger charge is 2.34. The molecular formula is C15H23N5O2. The lowest BCUT2D eigenvalue weighted by Gasteiger charge is -2.18. The lowest BCUT2D eigenvalue weighted by atomic mass is 10.4. The van der Waals surface area contributed by atoms with Gasteiger partial charge in [0.2, 0.25) is 5.91 Å². The van der Waals surface area contributed by atoms with E-state index >= 15 is 0 Å². The molecule has 1 aromatic rings. The molecule has 22 heavy (non-hydrogen) atoms. The van der Waals surface area contributed by atoms with E-state index in [1.807, 2.05) is 13.1 Å². The zero-order valence-corrected chi connectivity index (χ0v) is 13.0. The van der Waals surface area contributed by atoms with E-state index in [9.17, 15) is 9.59 Å². The van der Waals surface area contributed by atoms with E-state index in [4.69, 9.17) is 0 Å². The Balaban J connectivity index is 1.37. The predicted octanol–water partition coefficient (Wildman–Crippen LogP) is 0.803. The number of aryl methyl sites for hydroxylation is 2. The molecule has 1 aromatic heterocycles. The van der Waals surface area contributed by atoms with Crippen LogP contribution < -0.4 is 5.32 Å². The summed E-state index contributed by atoms with van der Waals surface area (Å²) in [6, 6.07) is -0.144. The Hall–Kier alpha value is -2.05. The average molecular weight is 305 g/mol. The third-order valence-electron chi connectivity index (χ3n) is 4.26. The average Bonchev–Trinajstić information content (AvgIpc) is 3.11. The molecule has 3 rings (SSSR count). The van der Waals surface area contributed by atoms with Gasteiger partial charge in [-0.05, 0) is 32.1 Å². The van der Waals surface area contributed by atoms with Crippen LogP contribution in [0.15, 0.2) is 12.4 Å². The zero-order chi connectivity index (χ0) is 15.5. The molecule has 120 valence electrons. The summed E-state index contributed by atoms with van der Waals surface area (Å²) in [6.07, 6.45) is 6.98. The number of carbonyl (C=O) groups is 2. The Labute approximate surface area is 130 Å². The number of nitrogens with zero attached hydrogens (tertiary/aromatic N) is 4. The molecule has 0 unspecified atom stereocenters. The molecule has 1 saturated carbocycles. The normalized spacial score (nSPS) is 18.1. The molecule has 1 aliphatic heterocycles. The van der Waals surface area contributed by atoms with Crippen molar-refractivity contribution in [2.24, 2.45) is 5.92 Å². The predicted molar refractivity (Wildman–Crippen MR) is 81.0 cm³/mol. The van der Waals surface area contributed by atoms with Gasteiger partial charge in [-0.15, -0.1) is 0 Å². The third kappa shape index (κ3) is 3.58. The molecule has 7 heteroatoms. The van der Waals surface area contributed by atoms with Crippen molar-refractivity contribution in [1.29, 1.82) is 0 Å². The first-order valence-electron chi connectivity index (χ1n) is 7.92. The Morgan fingerprint density at radius 2 is 2.27 bits per heavy atom. The van der Waals surface area contributed by atoms with E-state index in [1.165, 1.54) is 12.8 Å². The van der Waals surface area contributed by atoms with E-state index < -0.39 is 0 Å². The second-order valence-electron chi connectivity index (χ2n) is 6.15. The van der Waals surface area contributed by atoms with Gasteiger partial charge in [-0.1, -0.05) is 0 Å². The summed E-state index contributed by atoms with van der Waals surface area (Å²) < 4.78 is 2.06. The van der Waals surface area contributed by atoms with Gasteiger partial charge in [0, 0.05) is 32.0 Å². The summed E-state index contributed by atoms with van der Waals surface area (Å²) >= 11 is 0. The van der Waals surface area contributed by atoms with Gasteiger partial charge in [-0.25, -0.2) is 9.78 Å². The molecule has 0 bridgehead atoms. The van der Waals surface area contributed by atoms with Gasteiger partial charge < -0.3 is 14.8 Å². The van der Waals surface area contributed by atoms with Gasteiger partial charge in [-0.3, -0.25) is 9.69 Å². The van der Waals surface area contributed by atoms with Gasteiger partial charge in [0.1, 0.15) is 12.4 Å². The minimum atomic E-state index is -0.144. The molecule has 0 radical (unpaired) electrons. The van der Waals surface area contributed by atoms with Crippen molar-refractivity contribution in [2.45, 2.75) is 32.7 Å². The van der Waals surface area contributed by atoms with Crippen molar-refractivity contribution in [3.63, 3.8) is 0 Å². The van der Waals surface area contributed by atoms with Crippen molar-refractivity contribution in [3.8, 4) is 0 Å². The molecule has 2 heterocycles. The number of hydrogen-bond acceptors (Lipinski definition) is 3. The standard InChI is InChI=1S/C15H23N5O2/c1-12-16-6-8-18(12)7-2-5-17-15(22)20-10-14(21)19(11-20)9-13-3-4-13/h6,8,13H,2-5,7,9-11H2,1H3,(H,17,22). The second-order valence-corrected chi connectivity index (χ2v) is 6.15. The number of aromatic nitrogens is 2. The summed E-state index contributed by atoms with van der Waals surface area (Å²) in [7, 11) is 0.